The monoisotopic (exact) mass is 390 g/mol. The predicted molar refractivity (Wildman–Crippen MR) is 90.1 cm³/mol. The summed E-state index contributed by atoms with van der Waals surface area (Å²) in [6.07, 6.45) is 0. The molecule has 122 valence electrons. The van der Waals surface area contributed by atoms with Crippen LogP contribution in [0.1, 0.15) is 0 Å². The van der Waals surface area contributed by atoms with E-state index in [9.17, 15) is 19.8 Å². The maximum absolute atomic E-state index is 12.7. The van der Waals surface area contributed by atoms with Crippen LogP contribution in [-0.4, -0.2) is 30.8 Å². The highest BCUT2D eigenvalue weighted by Crippen LogP contribution is 2.30. The summed E-state index contributed by atoms with van der Waals surface area (Å²) in [5, 5.41) is 28.5. The van der Waals surface area contributed by atoms with Crippen LogP contribution in [0, 0.1) is 0 Å². The van der Waals surface area contributed by atoms with Gasteiger partial charge in [0.05, 0.1) is 11.0 Å². The Balaban J connectivity index is 2.38. The summed E-state index contributed by atoms with van der Waals surface area (Å²) in [7, 11) is 0. The molecule has 8 heteroatoms. The first-order valence-electron chi connectivity index (χ1n) is 6.81. The Hall–Kier alpha value is -2.87. The molecule has 3 N–H and O–H groups in total. The van der Waals surface area contributed by atoms with Crippen molar-refractivity contribution >= 4 is 32.9 Å². The Morgan fingerprint density at radius 2 is 1.92 bits per heavy atom. The number of rotatable bonds is 3. The molecule has 0 aliphatic carbocycles. The van der Waals surface area contributed by atoms with E-state index in [0.717, 1.165) is 10.6 Å². The molecule has 0 unspecified atom stereocenters. The number of carbonyl (C=O) groups is 1. The van der Waals surface area contributed by atoms with Crippen molar-refractivity contribution in [3.63, 3.8) is 0 Å². The summed E-state index contributed by atoms with van der Waals surface area (Å²) in [5.41, 5.74) is 0.131. The lowest BCUT2D eigenvalue weighted by Gasteiger charge is -2.11. The number of nitrogens with zero attached hydrogens (tertiary/aromatic N) is 2. The average molecular weight is 391 g/mol. The number of aromatic hydroxyl groups is 2. The largest absolute Gasteiger partial charge is 0.508 e. The number of aliphatic carboxylic acids is 1. The minimum Gasteiger partial charge on any atom is -0.508 e. The number of carboxylic acids is 1. The first-order valence-corrected chi connectivity index (χ1v) is 7.60. The van der Waals surface area contributed by atoms with Crippen molar-refractivity contribution in [1.29, 1.82) is 0 Å². The number of aromatic nitrogens is 2. The van der Waals surface area contributed by atoms with Crippen molar-refractivity contribution in [1.82, 2.24) is 9.55 Å². The number of carboxylic acid groups (broad SMARTS) is 1. The Bertz CT molecular complexity index is 1030. The summed E-state index contributed by atoms with van der Waals surface area (Å²) in [4.78, 5) is 28.1. The second-order valence-corrected chi connectivity index (χ2v) is 6.00. The van der Waals surface area contributed by atoms with E-state index in [1.807, 2.05) is 0 Å². The highest BCUT2D eigenvalue weighted by molar-refractivity contribution is 9.10. The number of hydrogen-bond donors (Lipinski definition) is 3. The van der Waals surface area contributed by atoms with Gasteiger partial charge < -0.3 is 15.3 Å². The van der Waals surface area contributed by atoms with Crippen molar-refractivity contribution in [3.05, 3.63) is 51.2 Å². The smallest absolute Gasteiger partial charge is 0.323 e. The van der Waals surface area contributed by atoms with Crippen molar-refractivity contribution < 1.29 is 20.1 Å². The molecule has 0 atom stereocenters. The molecule has 2 aromatic carbocycles. The van der Waals surface area contributed by atoms with Gasteiger partial charge in [0.25, 0.3) is 5.56 Å². The molecule has 0 radical (unpaired) electrons. The first kappa shape index (κ1) is 16.0. The lowest BCUT2D eigenvalue weighted by Crippen LogP contribution is -2.27. The Morgan fingerprint density at radius 3 is 2.58 bits per heavy atom. The zero-order chi connectivity index (χ0) is 17.4. The standard InChI is InChI=1S/C16H11BrN2O5/c17-8-1-4-12-11(5-8)18-15(16(24)19(12)7-14(22)23)10-3-2-9(20)6-13(10)21/h1-6,20-21H,7H2,(H,22,23). The molecule has 0 aliphatic rings. The maximum Gasteiger partial charge on any atom is 0.323 e. The van der Waals surface area contributed by atoms with E-state index >= 15 is 0 Å². The topological polar surface area (TPSA) is 113 Å². The van der Waals surface area contributed by atoms with Crippen molar-refractivity contribution in [2.45, 2.75) is 6.54 Å². The van der Waals surface area contributed by atoms with E-state index in [1.165, 1.54) is 12.1 Å². The summed E-state index contributed by atoms with van der Waals surface area (Å²) >= 11 is 3.31. The Labute approximate surface area is 143 Å². The molecule has 0 fully saturated rings. The number of halogens is 1. The van der Waals surface area contributed by atoms with Gasteiger partial charge in [0.1, 0.15) is 23.7 Å². The first-order chi connectivity index (χ1) is 11.4. The molecule has 0 bridgehead atoms. The van der Waals surface area contributed by atoms with Gasteiger partial charge in [-0.3, -0.25) is 14.2 Å². The molecule has 7 nitrogen and oxygen atoms in total. The molecule has 0 saturated heterocycles. The van der Waals surface area contributed by atoms with Crippen LogP contribution < -0.4 is 5.56 Å². The van der Waals surface area contributed by atoms with Crippen LogP contribution in [0.5, 0.6) is 11.5 Å². The third-order valence-corrected chi connectivity index (χ3v) is 3.93. The second-order valence-electron chi connectivity index (χ2n) is 5.08. The van der Waals surface area contributed by atoms with E-state index in [-0.39, 0.29) is 22.8 Å². The SMILES string of the molecule is O=C(O)Cn1c(=O)c(-c2ccc(O)cc2O)nc2cc(Br)ccc21. The molecule has 3 rings (SSSR count). The lowest BCUT2D eigenvalue weighted by atomic mass is 10.1. The number of phenols is 2. The number of hydrogen-bond acceptors (Lipinski definition) is 5. The van der Waals surface area contributed by atoms with Crippen molar-refractivity contribution in [2.75, 3.05) is 0 Å². The number of benzene rings is 2. The molecule has 1 aromatic heterocycles. The number of fused-ring (bicyclic) bond motifs is 1. The van der Waals surface area contributed by atoms with E-state index in [4.69, 9.17) is 5.11 Å². The van der Waals surface area contributed by atoms with E-state index in [1.54, 1.807) is 18.2 Å². The molecular formula is C16H11BrN2O5. The lowest BCUT2D eigenvalue weighted by molar-refractivity contribution is -0.137. The van der Waals surface area contributed by atoms with Gasteiger partial charge in [0, 0.05) is 16.1 Å². The fraction of sp³-hybridized carbons (Fsp3) is 0.0625. The van der Waals surface area contributed by atoms with Gasteiger partial charge in [-0.05, 0) is 30.3 Å². The van der Waals surface area contributed by atoms with Crippen LogP contribution in [0.3, 0.4) is 0 Å². The molecule has 1 heterocycles. The van der Waals surface area contributed by atoms with Crippen LogP contribution in [0.15, 0.2) is 45.7 Å². The van der Waals surface area contributed by atoms with E-state index in [2.05, 4.69) is 20.9 Å². The molecule has 0 spiro atoms. The van der Waals surface area contributed by atoms with Crippen molar-refractivity contribution in [2.24, 2.45) is 0 Å². The zero-order valence-corrected chi connectivity index (χ0v) is 13.7. The van der Waals surface area contributed by atoms with Gasteiger partial charge in [-0.25, -0.2) is 4.98 Å². The van der Waals surface area contributed by atoms with Crippen molar-refractivity contribution in [3.8, 4) is 22.8 Å². The number of phenolic OH excluding ortho intramolecular Hbond substituents is 2. The molecular weight excluding hydrogens is 380 g/mol. The minimum atomic E-state index is -1.17. The highest BCUT2D eigenvalue weighted by atomic mass is 79.9. The Kier molecular flexibility index (Phi) is 3.98. The van der Waals surface area contributed by atoms with Gasteiger partial charge in [0.15, 0.2) is 0 Å². The second kappa shape index (κ2) is 5.97. The van der Waals surface area contributed by atoms with E-state index < -0.39 is 18.1 Å². The van der Waals surface area contributed by atoms with Crippen LogP contribution in [0.2, 0.25) is 0 Å². The predicted octanol–water partition coefficient (Wildman–Crippen LogP) is 2.32. The van der Waals surface area contributed by atoms with Gasteiger partial charge in [-0.2, -0.15) is 0 Å². The fourth-order valence-electron chi connectivity index (χ4n) is 2.41. The van der Waals surface area contributed by atoms with Gasteiger partial charge in [-0.1, -0.05) is 15.9 Å². The maximum atomic E-state index is 12.7. The molecule has 24 heavy (non-hydrogen) atoms. The molecule has 0 saturated carbocycles. The summed E-state index contributed by atoms with van der Waals surface area (Å²) < 4.78 is 1.79. The van der Waals surface area contributed by atoms with E-state index in [0.29, 0.717) is 15.5 Å². The summed E-state index contributed by atoms with van der Waals surface area (Å²) in [6, 6.07) is 8.67. The van der Waals surface area contributed by atoms with Crippen LogP contribution in [0.25, 0.3) is 22.3 Å². The molecule has 0 aliphatic heterocycles. The highest BCUT2D eigenvalue weighted by Gasteiger charge is 2.17. The van der Waals surface area contributed by atoms with Crippen LogP contribution >= 0.6 is 15.9 Å². The third-order valence-electron chi connectivity index (χ3n) is 3.44. The van der Waals surface area contributed by atoms with Gasteiger partial charge in [-0.15, -0.1) is 0 Å². The fourth-order valence-corrected chi connectivity index (χ4v) is 2.76. The Morgan fingerprint density at radius 1 is 1.17 bits per heavy atom. The zero-order valence-electron chi connectivity index (χ0n) is 12.1. The molecule has 3 aromatic rings. The average Bonchev–Trinajstić information content (AvgIpc) is 2.50. The van der Waals surface area contributed by atoms with Crippen LogP contribution in [-0.2, 0) is 11.3 Å². The molecule has 0 amide bonds. The van der Waals surface area contributed by atoms with Crippen LogP contribution in [0.4, 0.5) is 0 Å². The summed E-state index contributed by atoms with van der Waals surface area (Å²) in [6.45, 7) is -0.536. The van der Waals surface area contributed by atoms with Gasteiger partial charge in [0.2, 0.25) is 0 Å². The van der Waals surface area contributed by atoms with Gasteiger partial charge >= 0.3 is 5.97 Å². The third kappa shape index (κ3) is 2.83. The summed E-state index contributed by atoms with van der Waals surface area (Å²) in [5.74, 6) is -1.66. The minimum absolute atomic E-state index is 0.0978. The quantitative estimate of drug-likeness (QED) is 0.632. The normalized spacial score (nSPS) is 10.9.